The van der Waals surface area contributed by atoms with Crippen LogP contribution in [0.3, 0.4) is 0 Å². The van der Waals surface area contributed by atoms with Gasteiger partial charge in [-0.15, -0.1) is 0 Å². The van der Waals surface area contributed by atoms with Crippen molar-refractivity contribution in [2.24, 2.45) is 0 Å². The van der Waals surface area contributed by atoms with Crippen LogP contribution in [-0.4, -0.2) is 0 Å². The largest absolute Gasteiger partial charge is 0.455 e. The minimum atomic E-state index is 0.898. The van der Waals surface area contributed by atoms with Crippen molar-refractivity contribution in [3.05, 3.63) is 188 Å². The summed E-state index contributed by atoms with van der Waals surface area (Å²) in [6, 6.07) is 67.6. The third-order valence-corrected chi connectivity index (χ3v) is 10.0. The van der Waals surface area contributed by atoms with E-state index in [0.29, 0.717) is 0 Å². The van der Waals surface area contributed by atoms with Gasteiger partial charge in [0.05, 0.1) is 5.69 Å². The van der Waals surface area contributed by atoms with Crippen LogP contribution in [0.4, 0.5) is 17.1 Å². The highest BCUT2D eigenvalue weighted by molar-refractivity contribution is 6.19. The summed E-state index contributed by atoms with van der Waals surface area (Å²) in [5, 5.41) is 9.54. The molecule has 10 rings (SSSR count). The Hall–Kier alpha value is -6.64. The van der Waals surface area contributed by atoms with Gasteiger partial charge in [0.2, 0.25) is 0 Å². The van der Waals surface area contributed by atoms with E-state index in [2.05, 4.69) is 187 Å². The van der Waals surface area contributed by atoms with Crippen LogP contribution in [-0.2, 0) is 0 Å². The number of hydrogen-bond acceptors (Lipinski definition) is 2. The molecule has 10 aromatic rings. The first-order chi connectivity index (χ1) is 24.8. The Morgan fingerprint density at radius 2 is 0.940 bits per heavy atom. The SMILES string of the molecule is c1ccc(-c2cccc(N(c3ccc(-c4ccc5c(ccc6ccccc65)c4)cc3)c3cc4c5ccccc5oc4c4ccccc34)c2)cc1. The minimum absolute atomic E-state index is 0.898. The Bertz CT molecular complexity index is 2870. The molecule has 9 aromatic carbocycles. The lowest BCUT2D eigenvalue weighted by atomic mass is 9.97. The van der Waals surface area contributed by atoms with Crippen LogP contribution in [0, 0.1) is 0 Å². The molecule has 0 bridgehead atoms. The quantitative estimate of drug-likeness (QED) is 0.175. The second-order valence-electron chi connectivity index (χ2n) is 12.9. The van der Waals surface area contributed by atoms with E-state index in [1.54, 1.807) is 0 Å². The minimum Gasteiger partial charge on any atom is -0.455 e. The molecule has 2 heteroatoms. The zero-order chi connectivity index (χ0) is 33.0. The fourth-order valence-electron chi connectivity index (χ4n) is 7.59. The summed E-state index contributed by atoms with van der Waals surface area (Å²) in [7, 11) is 0. The van der Waals surface area contributed by atoms with Crippen LogP contribution < -0.4 is 4.90 Å². The van der Waals surface area contributed by atoms with Crippen LogP contribution in [0.2, 0.25) is 0 Å². The highest BCUT2D eigenvalue weighted by Crippen LogP contribution is 2.45. The fourth-order valence-corrected chi connectivity index (χ4v) is 7.59. The summed E-state index contributed by atoms with van der Waals surface area (Å²) >= 11 is 0. The third-order valence-electron chi connectivity index (χ3n) is 10.0. The molecule has 0 atom stereocenters. The van der Waals surface area contributed by atoms with Crippen molar-refractivity contribution in [2.75, 3.05) is 4.90 Å². The number of benzene rings is 9. The molecule has 2 nitrogen and oxygen atoms in total. The topological polar surface area (TPSA) is 16.4 Å². The van der Waals surface area contributed by atoms with Gasteiger partial charge in [-0.2, -0.15) is 0 Å². The molecule has 0 radical (unpaired) electrons. The second-order valence-corrected chi connectivity index (χ2v) is 12.9. The van der Waals surface area contributed by atoms with E-state index in [1.165, 1.54) is 43.8 Å². The highest BCUT2D eigenvalue weighted by Gasteiger charge is 2.20. The zero-order valence-corrected chi connectivity index (χ0v) is 27.3. The summed E-state index contributed by atoms with van der Waals surface area (Å²) in [5.41, 5.74) is 9.85. The van der Waals surface area contributed by atoms with E-state index in [0.717, 1.165) is 49.8 Å². The van der Waals surface area contributed by atoms with Gasteiger partial charge in [0.25, 0.3) is 0 Å². The van der Waals surface area contributed by atoms with E-state index in [9.17, 15) is 0 Å². The summed E-state index contributed by atoms with van der Waals surface area (Å²) in [6.45, 7) is 0. The number of rotatable bonds is 5. The number of para-hydroxylation sites is 1. The van der Waals surface area contributed by atoms with Gasteiger partial charge in [-0.05, 0) is 86.3 Å². The van der Waals surface area contributed by atoms with Crippen molar-refractivity contribution in [3.63, 3.8) is 0 Å². The van der Waals surface area contributed by atoms with E-state index < -0.39 is 0 Å². The molecule has 0 aliphatic heterocycles. The van der Waals surface area contributed by atoms with Crippen LogP contribution in [0.25, 0.3) is 76.5 Å². The molecule has 0 aliphatic rings. The Labute approximate surface area is 290 Å². The van der Waals surface area contributed by atoms with Crippen LogP contribution in [0.1, 0.15) is 0 Å². The molecule has 0 saturated carbocycles. The molecule has 0 saturated heterocycles. The monoisotopic (exact) mass is 637 g/mol. The number of hydrogen-bond donors (Lipinski definition) is 0. The van der Waals surface area contributed by atoms with Crippen LogP contribution >= 0.6 is 0 Å². The molecule has 0 aliphatic carbocycles. The standard InChI is InChI=1S/C48H31NO/c1-2-11-32(12-3-1)35-14-10-15-39(30-35)49(46-31-45-43-18-8-9-20-47(43)50-48(45)44-19-7-6-17-42(44)46)38-26-23-33(24-27-38)36-25-28-41-37(29-36)22-21-34-13-4-5-16-40(34)41/h1-31H. The predicted octanol–water partition coefficient (Wildman–Crippen LogP) is 13.8. The Kier molecular flexibility index (Phi) is 6.53. The summed E-state index contributed by atoms with van der Waals surface area (Å²) in [6.07, 6.45) is 0. The lowest BCUT2D eigenvalue weighted by molar-refractivity contribution is 0.672. The van der Waals surface area contributed by atoms with Gasteiger partial charge in [0, 0.05) is 32.9 Å². The van der Waals surface area contributed by atoms with Crippen LogP contribution in [0.5, 0.6) is 0 Å². The van der Waals surface area contributed by atoms with Gasteiger partial charge in [-0.3, -0.25) is 0 Å². The lowest BCUT2D eigenvalue weighted by Gasteiger charge is -2.28. The maximum absolute atomic E-state index is 6.49. The van der Waals surface area contributed by atoms with Crippen molar-refractivity contribution in [3.8, 4) is 22.3 Å². The number of fused-ring (bicyclic) bond motifs is 8. The van der Waals surface area contributed by atoms with Crippen LogP contribution in [0.15, 0.2) is 192 Å². The van der Waals surface area contributed by atoms with Gasteiger partial charge in [-0.1, -0.05) is 146 Å². The summed E-state index contributed by atoms with van der Waals surface area (Å²) < 4.78 is 6.49. The molecule has 0 unspecified atom stereocenters. The van der Waals surface area contributed by atoms with E-state index in [4.69, 9.17) is 4.42 Å². The van der Waals surface area contributed by atoms with Crippen molar-refractivity contribution >= 4 is 71.3 Å². The predicted molar refractivity (Wildman–Crippen MR) is 212 cm³/mol. The van der Waals surface area contributed by atoms with Gasteiger partial charge >= 0.3 is 0 Å². The molecule has 0 N–H and O–H groups in total. The molecular formula is C48H31NO. The maximum Gasteiger partial charge on any atom is 0.143 e. The van der Waals surface area contributed by atoms with Gasteiger partial charge in [0.15, 0.2) is 0 Å². The first kappa shape index (κ1) is 28.4. The lowest BCUT2D eigenvalue weighted by Crippen LogP contribution is -2.10. The fraction of sp³-hybridized carbons (Fsp3) is 0. The number of anilines is 3. The summed E-state index contributed by atoms with van der Waals surface area (Å²) in [5.74, 6) is 0. The molecular weight excluding hydrogens is 607 g/mol. The Balaban J connectivity index is 1.16. The van der Waals surface area contributed by atoms with Gasteiger partial charge < -0.3 is 9.32 Å². The second kappa shape index (κ2) is 11.5. The molecule has 234 valence electrons. The zero-order valence-electron chi connectivity index (χ0n) is 27.3. The number of furan rings is 1. The Morgan fingerprint density at radius 3 is 1.80 bits per heavy atom. The molecule has 0 amide bonds. The summed E-state index contributed by atoms with van der Waals surface area (Å²) in [4.78, 5) is 2.40. The molecule has 1 aromatic heterocycles. The van der Waals surface area contributed by atoms with Crippen molar-refractivity contribution in [1.29, 1.82) is 0 Å². The molecule has 1 heterocycles. The van der Waals surface area contributed by atoms with Crippen molar-refractivity contribution < 1.29 is 4.42 Å². The normalized spacial score (nSPS) is 11.6. The van der Waals surface area contributed by atoms with Gasteiger partial charge in [0.1, 0.15) is 11.2 Å². The average Bonchev–Trinajstić information content (AvgIpc) is 3.57. The smallest absolute Gasteiger partial charge is 0.143 e. The molecule has 0 spiro atoms. The third kappa shape index (κ3) is 4.65. The van der Waals surface area contributed by atoms with E-state index >= 15 is 0 Å². The molecule has 50 heavy (non-hydrogen) atoms. The number of nitrogens with zero attached hydrogens (tertiary/aromatic N) is 1. The van der Waals surface area contributed by atoms with E-state index in [-0.39, 0.29) is 0 Å². The van der Waals surface area contributed by atoms with E-state index in [1.807, 2.05) is 6.07 Å². The highest BCUT2D eigenvalue weighted by atomic mass is 16.3. The van der Waals surface area contributed by atoms with Gasteiger partial charge in [-0.25, -0.2) is 0 Å². The van der Waals surface area contributed by atoms with Crippen molar-refractivity contribution in [1.82, 2.24) is 0 Å². The molecule has 0 fully saturated rings. The Morgan fingerprint density at radius 1 is 0.320 bits per heavy atom. The first-order valence-corrected chi connectivity index (χ1v) is 17.1. The average molecular weight is 638 g/mol. The van der Waals surface area contributed by atoms with Crippen molar-refractivity contribution in [2.45, 2.75) is 0 Å². The first-order valence-electron chi connectivity index (χ1n) is 17.1. The maximum atomic E-state index is 6.49.